The van der Waals surface area contributed by atoms with Crippen molar-refractivity contribution in [1.82, 2.24) is 0 Å². The van der Waals surface area contributed by atoms with Gasteiger partial charge in [-0.15, -0.1) is 0 Å². The zero-order valence-electron chi connectivity index (χ0n) is 47.7. The molecule has 12 heteroatoms. The third kappa shape index (κ3) is 41.8. The first-order valence-electron chi connectivity index (χ1n) is 29.5. The second kappa shape index (κ2) is 51.9. The Bertz CT molecular complexity index is 1800. The minimum atomic E-state index is -1.92. The Morgan fingerprint density at radius 1 is 0.442 bits per heavy atom. The van der Waals surface area contributed by atoms with Crippen LogP contribution in [0, 0.1) is 0 Å². The monoisotopic (exact) mass is 1070 g/mol. The molecule has 77 heavy (non-hydrogen) atoms. The van der Waals surface area contributed by atoms with Gasteiger partial charge in [-0.2, -0.15) is 0 Å². The zero-order valence-corrected chi connectivity index (χ0v) is 47.7. The van der Waals surface area contributed by atoms with E-state index in [4.69, 9.17) is 23.7 Å². The molecule has 0 aromatic carbocycles. The summed E-state index contributed by atoms with van der Waals surface area (Å²) in [6.45, 7) is 5.62. The number of aliphatic hydroxyl groups excluding tert-OH is 2. The summed E-state index contributed by atoms with van der Waals surface area (Å²) >= 11 is 0. The van der Waals surface area contributed by atoms with Gasteiger partial charge in [0.15, 0.2) is 24.6 Å². The Hall–Kier alpha value is -4.88. The van der Waals surface area contributed by atoms with Gasteiger partial charge in [-0.25, -0.2) is 4.79 Å². The molecular formula is C65H102O12. The number of rotatable bonds is 48. The van der Waals surface area contributed by atoms with Gasteiger partial charge in [-0.05, 0) is 116 Å². The van der Waals surface area contributed by atoms with Gasteiger partial charge in [-0.1, -0.05) is 200 Å². The molecule has 12 nitrogen and oxygen atoms in total. The summed E-state index contributed by atoms with van der Waals surface area (Å²) in [5, 5.41) is 31.5. The van der Waals surface area contributed by atoms with Gasteiger partial charge in [0.1, 0.15) is 18.8 Å². The number of carboxylic acid groups (broad SMARTS) is 1. The molecule has 1 fully saturated rings. The van der Waals surface area contributed by atoms with Crippen LogP contribution >= 0.6 is 0 Å². The largest absolute Gasteiger partial charge is 0.479 e. The molecule has 0 bridgehead atoms. The predicted molar refractivity (Wildman–Crippen MR) is 312 cm³/mol. The fraction of sp³-hybridized carbons (Fsp3) is 0.631. The van der Waals surface area contributed by atoms with Crippen molar-refractivity contribution in [2.75, 3.05) is 13.2 Å². The molecule has 1 aliphatic rings. The highest BCUT2D eigenvalue weighted by molar-refractivity contribution is 5.74. The number of allylic oxidation sites excluding steroid dienone is 20. The van der Waals surface area contributed by atoms with E-state index in [0.29, 0.717) is 25.7 Å². The topological polar surface area (TPSA) is 175 Å². The van der Waals surface area contributed by atoms with Crippen LogP contribution in [0.1, 0.15) is 213 Å². The summed E-state index contributed by atoms with van der Waals surface area (Å²) < 4.78 is 28.3. The number of aliphatic carboxylic acids is 1. The maximum atomic E-state index is 13.1. The zero-order chi connectivity index (χ0) is 56.1. The highest BCUT2D eigenvalue weighted by Gasteiger charge is 2.50. The van der Waals surface area contributed by atoms with E-state index in [1.165, 1.54) is 0 Å². The van der Waals surface area contributed by atoms with Crippen molar-refractivity contribution in [3.63, 3.8) is 0 Å². The lowest BCUT2D eigenvalue weighted by Gasteiger charge is -2.40. The molecule has 0 aromatic rings. The number of hydrogen-bond acceptors (Lipinski definition) is 11. The second-order valence-electron chi connectivity index (χ2n) is 19.5. The Morgan fingerprint density at radius 3 is 1.29 bits per heavy atom. The lowest BCUT2D eigenvalue weighted by molar-refractivity contribution is -0.301. The summed E-state index contributed by atoms with van der Waals surface area (Å²) in [6, 6.07) is 0. The first kappa shape index (κ1) is 70.1. The predicted octanol–water partition coefficient (Wildman–Crippen LogP) is 15.2. The van der Waals surface area contributed by atoms with E-state index in [0.717, 1.165) is 148 Å². The molecule has 1 aliphatic heterocycles. The highest BCUT2D eigenvalue weighted by Crippen LogP contribution is 2.26. The summed E-state index contributed by atoms with van der Waals surface area (Å²) in [7, 11) is 0. The Balaban J connectivity index is 2.74. The molecule has 3 N–H and O–H groups in total. The van der Waals surface area contributed by atoms with Gasteiger partial charge in [-0.3, -0.25) is 14.4 Å². The van der Waals surface area contributed by atoms with E-state index in [1.54, 1.807) is 0 Å². The van der Waals surface area contributed by atoms with Crippen LogP contribution in [0.4, 0.5) is 0 Å². The van der Waals surface area contributed by atoms with Crippen LogP contribution in [-0.2, 0) is 42.9 Å². The number of ether oxygens (including phenoxy) is 5. The van der Waals surface area contributed by atoms with Gasteiger partial charge < -0.3 is 39.0 Å². The van der Waals surface area contributed by atoms with E-state index in [-0.39, 0.29) is 25.9 Å². The normalized spacial score (nSPS) is 18.9. The molecule has 0 amide bonds. The lowest BCUT2D eigenvalue weighted by atomic mass is 9.98. The molecule has 0 aromatic heterocycles. The average molecular weight is 1080 g/mol. The highest BCUT2D eigenvalue weighted by atomic mass is 16.7. The smallest absolute Gasteiger partial charge is 0.335 e. The molecule has 0 spiro atoms. The van der Waals surface area contributed by atoms with Gasteiger partial charge >= 0.3 is 23.9 Å². The van der Waals surface area contributed by atoms with E-state index >= 15 is 0 Å². The van der Waals surface area contributed by atoms with E-state index in [1.807, 2.05) is 6.08 Å². The minimum Gasteiger partial charge on any atom is -0.479 e. The third-order valence-electron chi connectivity index (χ3n) is 12.5. The molecule has 1 rings (SSSR count). The fourth-order valence-electron chi connectivity index (χ4n) is 8.04. The van der Waals surface area contributed by atoms with Gasteiger partial charge in [0.2, 0.25) is 0 Å². The van der Waals surface area contributed by atoms with Crippen LogP contribution in [0.15, 0.2) is 122 Å². The maximum Gasteiger partial charge on any atom is 0.335 e. The summed E-state index contributed by atoms with van der Waals surface area (Å²) in [6.07, 6.45) is 58.8. The van der Waals surface area contributed by atoms with Crippen molar-refractivity contribution in [1.29, 1.82) is 0 Å². The number of carboxylic acids is 1. The average Bonchev–Trinajstić information content (AvgIpc) is 3.42. The van der Waals surface area contributed by atoms with Crippen LogP contribution in [0.5, 0.6) is 0 Å². The minimum absolute atomic E-state index is 0.0356. The summed E-state index contributed by atoms with van der Waals surface area (Å²) in [5.74, 6) is -3.25. The lowest BCUT2D eigenvalue weighted by Crippen LogP contribution is -2.61. The van der Waals surface area contributed by atoms with Crippen molar-refractivity contribution in [3.05, 3.63) is 122 Å². The SMILES string of the molecule is CC/C=C\C/C=C\C/C=C\C/C=C\C/C=C\CCCC(=O)OCC(COC1OC(C(=O)O)C(O)C(O)C1OC(=O)CCCCCCCCC/C=C\C/C=C\C/C=C\CC)OC(=O)CCCCCCC/C=C\C/C=C\CCC. The first-order chi connectivity index (χ1) is 37.6. The van der Waals surface area contributed by atoms with E-state index in [2.05, 4.69) is 136 Å². The number of hydrogen-bond donors (Lipinski definition) is 3. The molecule has 0 radical (unpaired) electrons. The quantitative estimate of drug-likeness (QED) is 0.0228. The van der Waals surface area contributed by atoms with Crippen LogP contribution < -0.4 is 0 Å². The van der Waals surface area contributed by atoms with Crippen LogP contribution in [0.25, 0.3) is 0 Å². The number of esters is 3. The Morgan fingerprint density at radius 2 is 0.831 bits per heavy atom. The second-order valence-corrected chi connectivity index (χ2v) is 19.5. The number of carbonyl (C=O) groups excluding carboxylic acids is 3. The summed E-state index contributed by atoms with van der Waals surface area (Å²) in [4.78, 5) is 51.1. The molecule has 0 saturated carbocycles. The molecule has 1 saturated heterocycles. The van der Waals surface area contributed by atoms with Crippen LogP contribution in [0.3, 0.4) is 0 Å². The molecule has 6 unspecified atom stereocenters. The molecule has 6 atom stereocenters. The van der Waals surface area contributed by atoms with Crippen molar-refractivity contribution in [3.8, 4) is 0 Å². The Labute approximate surface area is 465 Å². The number of aliphatic hydroxyl groups is 2. The molecule has 434 valence electrons. The Kier molecular flexibility index (Phi) is 47.2. The van der Waals surface area contributed by atoms with Crippen molar-refractivity contribution < 1.29 is 58.2 Å². The van der Waals surface area contributed by atoms with E-state index < -0.39 is 67.3 Å². The molecule has 0 aliphatic carbocycles. The fourth-order valence-corrected chi connectivity index (χ4v) is 8.04. The van der Waals surface area contributed by atoms with Crippen LogP contribution in [0.2, 0.25) is 0 Å². The standard InChI is InChI=1S/C65H102O12/c1-4-7-10-13-16-19-22-25-27-29-31-34-36-39-42-45-48-51-57(66)73-54-56(75-58(67)52-49-46-43-40-37-33-24-21-18-15-12-9-6-3)55-74-65-63(61(70)60(69)62(77-65)64(71)72)76-59(68)53-50-47-44-41-38-35-32-30-28-26-23-20-17-14-11-8-5-2/h7-8,10-12,15-17,19-21,24-28,31,34,39,42,56,60-63,65,69-70H,4-6,9,13-14,18,22-23,29-30,32-33,35-38,40-41,43-55H2,1-3H3,(H,71,72)/b10-7-,11-8-,15-12-,19-16-,20-17-,24-21-,27-25-,28-26-,34-31-,42-39-. The maximum absolute atomic E-state index is 13.1. The van der Waals surface area contributed by atoms with Gasteiger partial charge in [0.05, 0.1) is 6.61 Å². The van der Waals surface area contributed by atoms with Crippen molar-refractivity contribution in [2.45, 2.75) is 250 Å². The first-order valence-corrected chi connectivity index (χ1v) is 29.5. The van der Waals surface area contributed by atoms with Gasteiger partial charge in [0.25, 0.3) is 0 Å². The third-order valence-corrected chi connectivity index (χ3v) is 12.5. The molecule has 1 heterocycles. The summed E-state index contributed by atoms with van der Waals surface area (Å²) in [5.41, 5.74) is 0. The van der Waals surface area contributed by atoms with Gasteiger partial charge in [0, 0.05) is 19.3 Å². The van der Waals surface area contributed by atoms with E-state index in [9.17, 15) is 34.5 Å². The van der Waals surface area contributed by atoms with Crippen molar-refractivity contribution >= 4 is 23.9 Å². The van der Waals surface area contributed by atoms with Crippen LogP contribution in [-0.4, -0.2) is 89.2 Å². The molecular weight excluding hydrogens is 973 g/mol. The van der Waals surface area contributed by atoms with Crippen molar-refractivity contribution in [2.24, 2.45) is 0 Å². The number of unbranched alkanes of at least 4 members (excludes halogenated alkanes) is 14. The number of carbonyl (C=O) groups is 4.